The summed E-state index contributed by atoms with van der Waals surface area (Å²) in [7, 11) is 2.95. The van der Waals surface area contributed by atoms with E-state index in [2.05, 4.69) is 6.07 Å². The third-order valence-electron chi connectivity index (χ3n) is 4.07. The number of amides is 1. The van der Waals surface area contributed by atoms with E-state index in [0.717, 1.165) is 0 Å². The molecule has 1 aliphatic rings. The maximum absolute atomic E-state index is 13.9. The van der Waals surface area contributed by atoms with Gasteiger partial charge in [-0.1, -0.05) is 18.2 Å². The predicted octanol–water partition coefficient (Wildman–Crippen LogP) is 3.06. The summed E-state index contributed by atoms with van der Waals surface area (Å²) in [5.41, 5.74) is 1.18. The summed E-state index contributed by atoms with van der Waals surface area (Å²) in [6.45, 7) is 0.00385. The number of hydrogen-bond acceptors (Lipinski definition) is 4. The molecular formula is C18H15FN2O3. The molecule has 0 aromatic heterocycles. The number of fused-ring (bicyclic) bond motifs is 1. The van der Waals surface area contributed by atoms with Gasteiger partial charge in [0.1, 0.15) is 23.4 Å². The van der Waals surface area contributed by atoms with Crippen molar-refractivity contribution in [2.45, 2.75) is 12.6 Å². The summed E-state index contributed by atoms with van der Waals surface area (Å²) in [4.78, 5) is 14.1. The second kappa shape index (κ2) is 6.20. The summed E-state index contributed by atoms with van der Waals surface area (Å²) >= 11 is 0. The van der Waals surface area contributed by atoms with Gasteiger partial charge in [-0.3, -0.25) is 4.79 Å². The number of halogens is 1. The number of hydrogen-bond donors (Lipinski definition) is 0. The average Bonchev–Trinajstić information content (AvgIpc) is 2.88. The lowest BCUT2D eigenvalue weighted by Gasteiger charge is -2.20. The fourth-order valence-corrected chi connectivity index (χ4v) is 2.88. The zero-order valence-electron chi connectivity index (χ0n) is 13.2. The van der Waals surface area contributed by atoms with Gasteiger partial charge in [-0.2, -0.15) is 5.26 Å². The minimum Gasteiger partial charge on any atom is -0.497 e. The SMILES string of the molecule is COc1cc(OC)c2c(c1)C(=O)N(Cc1ccccc1F)C2C#N. The minimum absolute atomic E-state index is 0.00385. The van der Waals surface area contributed by atoms with Crippen LogP contribution >= 0.6 is 0 Å². The summed E-state index contributed by atoms with van der Waals surface area (Å²) in [6, 6.07) is 10.7. The zero-order chi connectivity index (χ0) is 17.3. The first kappa shape index (κ1) is 15.8. The van der Waals surface area contributed by atoms with E-state index in [0.29, 0.717) is 28.2 Å². The van der Waals surface area contributed by atoms with Gasteiger partial charge in [0.15, 0.2) is 0 Å². The number of methoxy groups -OCH3 is 2. The number of nitrogens with zero attached hydrogens (tertiary/aromatic N) is 2. The molecule has 2 aromatic carbocycles. The zero-order valence-corrected chi connectivity index (χ0v) is 13.2. The van der Waals surface area contributed by atoms with Gasteiger partial charge in [0, 0.05) is 17.2 Å². The van der Waals surface area contributed by atoms with E-state index in [4.69, 9.17) is 9.47 Å². The lowest BCUT2D eigenvalue weighted by molar-refractivity contribution is 0.0742. The third-order valence-corrected chi connectivity index (χ3v) is 4.07. The molecule has 6 heteroatoms. The van der Waals surface area contributed by atoms with Gasteiger partial charge in [0.05, 0.1) is 32.4 Å². The molecule has 1 atom stereocenters. The molecule has 0 aliphatic carbocycles. The molecule has 24 heavy (non-hydrogen) atoms. The fraction of sp³-hybridized carbons (Fsp3) is 0.222. The Bertz CT molecular complexity index is 845. The predicted molar refractivity (Wildman–Crippen MR) is 84.2 cm³/mol. The van der Waals surface area contributed by atoms with Crippen LogP contribution in [0, 0.1) is 17.1 Å². The number of ether oxygens (including phenoxy) is 2. The molecule has 0 radical (unpaired) electrons. The van der Waals surface area contributed by atoms with Gasteiger partial charge < -0.3 is 14.4 Å². The van der Waals surface area contributed by atoms with Crippen molar-refractivity contribution < 1.29 is 18.7 Å². The van der Waals surface area contributed by atoms with E-state index in [1.165, 1.54) is 25.2 Å². The monoisotopic (exact) mass is 326 g/mol. The Kier molecular flexibility index (Phi) is 4.09. The van der Waals surface area contributed by atoms with Gasteiger partial charge in [0.2, 0.25) is 0 Å². The highest BCUT2D eigenvalue weighted by Crippen LogP contribution is 2.42. The molecule has 1 aliphatic heterocycles. The Hall–Kier alpha value is -3.07. The molecule has 3 rings (SSSR count). The molecule has 0 spiro atoms. The Morgan fingerprint density at radius 3 is 2.62 bits per heavy atom. The molecule has 2 aromatic rings. The van der Waals surface area contributed by atoms with Crippen molar-refractivity contribution in [2.75, 3.05) is 14.2 Å². The third kappa shape index (κ3) is 2.44. The van der Waals surface area contributed by atoms with Crippen molar-refractivity contribution in [3.8, 4) is 17.6 Å². The van der Waals surface area contributed by atoms with Gasteiger partial charge >= 0.3 is 0 Å². The van der Waals surface area contributed by atoms with Crippen LogP contribution in [-0.4, -0.2) is 25.0 Å². The molecule has 1 unspecified atom stereocenters. The van der Waals surface area contributed by atoms with Crippen LogP contribution in [0.2, 0.25) is 0 Å². The van der Waals surface area contributed by atoms with Crippen LogP contribution in [0.25, 0.3) is 0 Å². The van der Waals surface area contributed by atoms with E-state index in [-0.39, 0.29) is 12.5 Å². The van der Waals surface area contributed by atoms with Gasteiger partial charge in [-0.25, -0.2) is 4.39 Å². The molecule has 0 bridgehead atoms. The van der Waals surface area contributed by atoms with Crippen LogP contribution < -0.4 is 9.47 Å². The van der Waals surface area contributed by atoms with E-state index in [9.17, 15) is 14.4 Å². The van der Waals surface area contributed by atoms with Crippen LogP contribution in [0.4, 0.5) is 4.39 Å². The fourth-order valence-electron chi connectivity index (χ4n) is 2.88. The quantitative estimate of drug-likeness (QED) is 0.866. The second-order valence-electron chi connectivity index (χ2n) is 5.35. The van der Waals surface area contributed by atoms with Crippen molar-refractivity contribution in [3.05, 3.63) is 58.9 Å². The highest BCUT2D eigenvalue weighted by molar-refractivity contribution is 6.01. The van der Waals surface area contributed by atoms with Crippen LogP contribution in [0.1, 0.15) is 27.5 Å². The molecule has 122 valence electrons. The molecule has 0 saturated carbocycles. The van der Waals surface area contributed by atoms with E-state index in [1.54, 1.807) is 30.3 Å². The number of benzene rings is 2. The van der Waals surface area contributed by atoms with E-state index in [1.807, 2.05) is 0 Å². The molecular weight excluding hydrogens is 311 g/mol. The highest BCUT2D eigenvalue weighted by Gasteiger charge is 2.40. The van der Waals surface area contributed by atoms with Crippen molar-refractivity contribution in [1.29, 1.82) is 5.26 Å². The Morgan fingerprint density at radius 2 is 2.00 bits per heavy atom. The van der Waals surface area contributed by atoms with Crippen molar-refractivity contribution in [1.82, 2.24) is 4.90 Å². The standard InChI is InChI=1S/C18H15FN2O3/c1-23-12-7-13-17(16(8-12)24-2)15(9-20)21(18(13)22)10-11-5-3-4-6-14(11)19/h3-8,15H,10H2,1-2H3. The number of carbonyl (C=O) groups is 1. The second-order valence-corrected chi connectivity index (χ2v) is 5.35. The lowest BCUT2D eigenvalue weighted by atomic mass is 10.0. The average molecular weight is 326 g/mol. The van der Waals surface area contributed by atoms with E-state index >= 15 is 0 Å². The molecule has 0 N–H and O–H groups in total. The summed E-state index contributed by atoms with van der Waals surface area (Å²) in [5, 5.41) is 9.57. The Balaban J connectivity index is 2.06. The smallest absolute Gasteiger partial charge is 0.256 e. The van der Waals surface area contributed by atoms with Crippen LogP contribution in [0.5, 0.6) is 11.5 Å². The van der Waals surface area contributed by atoms with Crippen LogP contribution in [0.3, 0.4) is 0 Å². The van der Waals surface area contributed by atoms with Crippen molar-refractivity contribution in [3.63, 3.8) is 0 Å². The Morgan fingerprint density at radius 1 is 1.25 bits per heavy atom. The van der Waals surface area contributed by atoms with Gasteiger partial charge in [0.25, 0.3) is 5.91 Å². The van der Waals surface area contributed by atoms with Crippen molar-refractivity contribution >= 4 is 5.91 Å². The summed E-state index contributed by atoms with van der Waals surface area (Å²) in [5.74, 6) is 0.100. The largest absolute Gasteiger partial charge is 0.497 e. The maximum atomic E-state index is 13.9. The molecule has 0 fully saturated rings. The Labute approximate surface area is 138 Å². The molecule has 0 saturated heterocycles. The first-order valence-corrected chi connectivity index (χ1v) is 7.30. The molecule has 1 amide bonds. The molecule has 5 nitrogen and oxygen atoms in total. The summed E-state index contributed by atoms with van der Waals surface area (Å²) in [6.07, 6.45) is 0. The minimum atomic E-state index is -0.840. The number of carbonyl (C=O) groups excluding carboxylic acids is 1. The lowest BCUT2D eigenvalue weighted by Crippen LogP contribution is -2.27. The van der Waals surface area contributed by atoms with Gasteiger partial charge in [-0.05, 0) is 12.1 Å². The van der Waals surface area contributed by atoms with Crippen LogP contribution in [-0.2, 0) is 6.54 Å². The first-order chi connectivity index (χ1) is 11.6. The first-order valence-electron chi connectivity index (χ1n) is 7.30. The topological polar surface area (TPSA) is 62.6 Å². The maximum Gasteiger partial charge on any atom is 0.256 e. The molecule has 1 heterocycles. The summed E-state index contributed by atoms with van der Waals surface area (Å²) < 4.78 is 24.4. The number of nitriles is 1. The van der Waals surface area contributed by atoms with Crippen LogP contribution in [0.15, 0.2) is 36.4 Å². The normalized spacial score (nSPS) is 15.8. The van der Waals surface area contributed by atoms with Gasteiger partial charge in [-0.15, -0.1) is 0 Å². The van der Waals surface area contributed by atoms with E-state index < -0.39 is 11.9 Å². The highest BCUT2D eigenvalue weighted by atomic mass is 19.1. The van der Waals surface area contributed by atoms with Crippen molar-refractivity contribution in [2.24, 2.45) is 0 Å². The number of rotatable bonds is 4.